The van der Waals surface area contributed by atoms with Crippen LogP contribution in [0, 0.1) is 5.82 Å². The van der Waals surface area contributed by atoms with E-state index in [1.807, 2.05) is 12.1 Å². The molecule has 1 amide bonds. The van der Waals surface area contributed by atoms with E-state index < -0.39 is 15.8 Å². The number of hydrogen-bond donors (Lipinski definition) is 2. The number of halogens is 2. The Balaban J connectivity index is 1.46. The maximum atomic E-state index is 13.8. The van der Waals surface area contributed by atoms with Crippen molar-refractivity contribution in [1.29, 1.82) is 0 Å². The maximum Gasteiger partial charge on any atom is 0.261 e. The topological polar surface area (TPSA) is 95.2 Å². The molecule has 2 N–H and O–H groups in total. The quantitative estimate of drug-likeness (QED) is 0.328. The molecule has 0 bridgehead atoms. The summed E-state index contributed by atoms with van der Waals surface area (Å²) in [6, 6.07) is 14.4. The number of rotatable bonds is 7. The monoisotopic (exact) mass is 528 g/mol. The van der Waals surface area contributed by atoms with Crippen LogP contribution in [0.25, 0.3) is 22.2 Å². The molecule has 1 saturated carbocycles. The van der Waals surface area contributed by atoms with Crippen molar-refractivity contribution in [2.24, 2.45) is 0 Å². The number of aromatic amines is 1. The standard InChI is InChI=1S/C23H18BrFN4O3S/c24-20-8-7-17(11-21(20)25)33(31,32)28-15-3-1-14(2-4-15)19-12-22(29(13-30)16-5-6-16)27-23-18(19)9-10-26-23/h1-4,7-13,16,28H,5-6H2,(H,26,27). The van der Waals surface area contributed by atoms with Gasteiger partial charge in [0.05, 0.1) is 9.37 Å². The normalized spacial score (nSPS) is 13.8. The van der Waals surface area contributed by atoms with Crippen molar-refractivity contribution in [3.63, 3.8) is 0 Å². The number of H-pyrrole nitrogens is 1. The van der Waals surface area contributed by atoms with Gasteiger partial charge in [-0.3, -0.25) is 14.4 Å². The first-order valence-electron chi connectivity index (χ1n) is 10.2. The van der Waals surface area contributed by atoms with Crippen molar-refractivity contribution in [2.45, 2.75) is 23.8 Å². The average Bonchev–Trinajstić information content (AvgIpc) is 3.51. The Morgan fingerprint density at radius 2 is 1.88 bits per heavy atom. The number of fused-ring (bicyclic) bond motifs is 1. The van der Waals surface area contributed by atoms with Crippen LogP contribution in [0.5, 0.6) is 0 Å². The van der Waals surface area contributed by atoms with Gasteiger partial charge in [0.25, 0.3) is 10.0 Å². The Hall–Kier alpha value is -3.24. The SMILES string of the molecule is O=CN(c1cc(-c2ccc(NS(=O)(=O)c3ccc(Br)c(F)c3)cc2)c2cc[nH]c2n1)C1CC1. The van der Waals surface area contributed by atoms with Gasteiger partial charge in [-0.15, -0.1) is 0 Å². The first-order valence-corrected chi connectivity index (χ1v) is 12.4. The van der Waals surface area contributed by atoms with Crippen molar-refractivity contribution in [3.8, 4) is 11.1 Å². The van der Waals surface area contributed by atoms with Gasteiger partial charge in [0.1, 0.15) is 17.3 Å². The van der Waals surface area contributed by atoms with Crippen LogP contribution in [0.4, 0.5) is 15.9 Å². The first kappa shape index (κ1) is 21.6. The largest absolute Gasteiger partial charge is 0.346 e. The predicted octanol–water partition coefficient (Wildman–Crippen LogP) is 5.06. The molecule has 5 rings (SSSR count). The predicted molar refractivity (Wildman–Crippen MR) is 128 cm³/mol. The van der Waals surface area contributed by atoms with Gasteiger partial charge in [-0.1, -0.05) is 12.1 Å². The highest BCUT2D eigenvalue weighted by molar-refractivity contribution is 9.10. The second-order valence-corrected chi connectivity index (χ2v) is 10.3. The number of pyridine rings is 1. The van der Waals surface area contributed by atoms with E-state index >= 15 is 0 Å². The second kappa shape index (κ2) is 8.27. The molecule has 10 heteroatoms. The number of sulfonamides is 1. The van der Waals surface area contributed by atoms with Crippen LogP contribution < -0.4 is 9.62 Å². The van der Waals surface area contributed by atoms with E-state index in [0.29, 0.717) is 17.2 Å². The third-order valence-corrected chi connectivity index (χ3v) is 7.51. The lowest BCUT2D eigenvalue weighted by atomic mass is 10.0. The Labute approximate surface area is 197 Å². The number of carbonyl (C=O) groups is 1. The smallest absolute Gasteiger partial charge is 0.261 e. The lowest BCUT2D eigenvalue weighted by molar-refractivity contribution is -0.107. The van der Waals surface area contributed by atoms with Gasteiger partial charge in [-0.25, -0.2) is 17.8 Å². The maximum absolute atomic E-state index is 13.8. The van der Waals surface area contributed by atoms with E-state index in [-0.39, 0.29) is 15.4 Å². The fraction of sp³-hybridized carbons (Fsp3) is 0.130. The summed E-state index contributed by atoms with van der Waals surface area (Å²) in [6.45, 7) is 0. The van der Waals surface area contributed by atoms with E-state index in [2.05, 4.69) is 30.6 Å². The van der Waals surface area contributed by atoms with Gasteiger partial charge >= 0.3 is 0 Å². The molecule has 0 atom stereocenters. The summed E-state index contributed by atoms with van der Waals surface area (Å²) in [5.74, 6) is -0.0905. The highest BCUT2D eigenvalue weighted by Crippen LogP contribution is 2.35. The van der Waals surface area contributed by atoms with E-state index in [4.69, 9.17) is 0 Å². The molecule has 4 aromatic rings. The Kier molecular flexibility index (Phi) is 5.41. The van der Waals surface area contributed by atoms with Crippen molar-refractivity contribution < 1.29 is 17.6 Å². The Morgan fingerprint density at radius 1 is 1.12 bits per heavy atom. The highest BCUT2D eigenvalue weighted by atomic mass is 79.9. The minimum Gasteiger partial charge on any atom is -0.346 e. The molecule has 0 aliphatic heterocycles. The molecule has 0 spiro atoms. The minimum absolute atomic E-state index is 0.172. The molecule has 33 heavy (non-hydrogen) atoms. The summed E-state index contributed by atoms with van der Waals surface area (Å²) in [4.78, 5) is 20.8. The molecule has 1 fully saturated rings. The summed E-state index contributed by atoms with van der Waals surface area (Å²) in [6.07, 6.45) is 4.50. The molecule has 2 aromatic carbocycles. The molecule has 7 nitrogen and oxygen atoms in total. The lowest BCUT2D eigenvalue weighted by Gasteiger charge is -2.17. The molecule has 0 radical (unpaired) electrons. The van der Waals surface area contributed by atoms with Gasteiger partial charge in [0, 0.05) is 23.3 Å². The summed E-state index contributed by atoms with van der Waals surface area (Å²) in [5, 5.41) is 0.888. The third kappa shape index (κ3) is 4.23. The van der Waals surface area contributed by atoms with E-state index in [1.165, 1.54) is 12.1 Å². The van der Waals surface area contributed by atoms with Crippen LogP contribution in [-0.4, -0.2) is 30.8 Å². The van der Waals surface area contributed by atoms with Crippen molar-refractivity contribution in [1.82, 2.24) is 9.97 Å². The van der Waals surface area contributed by atoms with Gasteiger partial charge in [-0.2, -0.15) is 0 Å². The van der Waals surface area contributed by atoms with Crippen LogP contribution in [0.2, 0.25) is 0 Å². The third-order valence-electron chi connectivity index (χ3n) is 5.48. The van der Waals surface area contributed by atoms with E-state index in [1.54, 1.807) is 35.4 Å². The van der Waals surface area contributed by atoms with Crippen LogP contribution in [0.3, 0.4) is 0 Å². The van der Waals surface area contributed by atoms with E-state index in [0.717, 1.165) is 41.8 Å². The number of anilines is 2. The van der Waals surface area contributed by atoms with Gasteiger partial charge in [0.15, 0.2) is 0 Å². The molecule has 0 unspecified atom stereocenters. The Bertz CT molecular complexity index is 1470. The number of hydrogen-bond acceptors (Lipinski definition) is 4. The highest BCUT2D eigenvalue weighted by Gasteiger charge is 2.30. The zero-order chi connectivity index (χ0) is 23.2. The van der Waals surface area contributed by atoms with Crippen LogP contribution in [0.15, 0.2) is 70.2 Å². The second-order valence-electron chi connectivity index (χ2n) is 7.77. The Morgan fingerprint density at radius 3 is 2.55 bits per heavy atom. The number of nitrogens with one attached hydrogen (secondary N) is 2. The minimum atomic E-state index is -3.95. The van der Waals surface area contributed by atoms with Crippen molar-refractivity contribution in [2.75, 3.05) is 9.62 Å². The first-order chi connectivity index (χ1) is 15.9. The summed E-state index contributed by atoms with van der Waals surface area (Å²) in [5.41, 5.74) is 2.71. The molecule has 168 valence electrons. The molecular weight excluding hydrogens is 511 g/mol. The van der Waals surface area contributed by atoms with Crippen molar-refractivity contribution >= 4 is 54.9 Å². The summed E-state index contributed by atoms with van der Waals surface area (Å²) in [7, 11) is -3.95. The molecule has 1 aliphatic carbocycles. The molecular formula is C23H18BrFN4O3S. The fourth-order valence-electron chi connectivity index (χ4n) is 3.65. The zero-order valence-electron chi connectivity index (χ0n) is 17.1. The van der Waals surface area contributed by atoms with Gasteiger partial charge < -0.3 is 4.98 Å². The molecule has 0 saturated heterocycles. The van der Waals surface area contributed by atoms with Crippen molar-refractivity contribution in [3.05, 3.63) is 71.1 Å². The van der Waals surface area contributed by atoms with Crippen LogP contribution in [0.1, 0.15) is 12.8 Å². The number of aromatic nitrogens is 2. The van der Waals surface area contributed by atoms with Crippen LogP contribution in [-0.2, 0) is 14.8 Å². The molecule has 2 heterocycles. The average molecular weight is 529 g/mol. The van der Waals surface area contributed by atoms with Crippen LogP contribution >= 0.6 is 15.9 Å². The van der Waals surface area contributed by atoms with E-state index in [9.17, 15) is 17.6 Å². The summed E-state index contributed by atoms with van der Waals surface area (Å²) < 4.78 is 41.7. The zero-order valence-corrected chi connectivity index (χ0v) is 19.5. The number of nitrogens with zero attached hydrogens (tertiary/aromatic N) is 2. The fourth-order valence-corrected chi connectivity index (χ4v) is 4.97. The molecule has 2 aromatic heterocycles. The lowest BCUT2D eigenvalue weighted by Crippen LogP contribution is -2.24. The number of amides is 1. The van der Waals surface area contributed by atoms with Gasteiger partial charge in [0.2, 0.25) is 6.41 Å². The number of carbonyl (C=O) groups excluding carboxylic acids is 1. The van der Waals surface area contributed by atoms with Gasteiger partial charge in [-0.05, 0) is 82.4 Å². The molecule has 1 aliphatic rings. The number of benzene rings is 2. The summed E-state index contributed by atoms with van der Waals surface area (Å²) >= 11 is 3.02.